The maximum atomic E-state index is 12.0. The third-order valence-corrected chi connectivity index (χ3v) is 3.49. The lowest BCUT2D eigenvalue weighted by molar-refractivity contribution is -0.0385. The van der Waals surface area contributed by atoms with Gasteiger partial charge in [-0.3, -0.25) is 0 Å². The molecule has 1 N–H and O–H groups in total. The van der Waals surface area contributed by atoms with Gasteiger partial charge in [0.25, 0.3) is 0 Å². The third-order valence-electron chi connectivity index (χ3n) is 3.49. The van der Waals surface area contributed by atoms with E-state index in [0.29, 0.717) is 26.3 Å². The van der Waals surface area contributed by atoms with E-state index in [4.69, 9.17) is 9.47 Å². The molecule has 1 amide bonds. The van der Waals surface area contributed by atoms with Crippen molar-refractivity contribution in [1.29, 1.82) is 0 Å². The number of hydrogen-bond donors (Lipinski definition) is 1. The molecule has 104 valence electrons. The van der Waals surface area contributed by atoms with Gasteiger partial charge in [-0.15, -0.1) is 0 Å². The number of amides is 1. The molecule has 3 atom stereocenters. The van der Waals surface area contributed by atoms with Gasteiger partial charge in [0.2, 0.25) is 0 Å². The Morgan fingerprint density at radius 3 is 2.67 bits per heavy atom. The highest BCUT2D eigenvalue weighted by Crippen LogP contribution is 2.29. The van der Waals surface area contributed by atoms with E-state index in [1.165, 1.54) is 0 Å². The average Bonchev–Trinajstić information content (AvgIpc) is 2.36. The predicted molar refractivity (Wildman–Crippen MR) is 66.2 cm³/mol. The lowest BCUT2D eigenvalue weighted by Crippen LogP contribution is -2.52. The summed E-state index contributed by atoms with van der Waals surface area (Å²) >= 11 is 0. The summed E-state index contributed by atoms with van der Waals surface area (Å²) in [6.45, 7) is 7.86. The van der Waals surface area contributed by atoms with E-state index < -0.39 is 5.60 Å². The molecular formula is C13H23NO4. The molecule has 0 aromatic rings. The van der Waals surface area contributed by atoms with Crippen LogP contribution >= 0.6 is 0 Å². The molecule has 0 spiro atoms. The van der Waals surface area contributed by atoms with Crippen LogP contribution in [0.2, 0.25) is 0 Å². The molecule has 2 rings (SSSR count). The molecule has 2 aliphatic rings. The van der Waals surface area contributed by atoms with Gasteiger partial charge < -0.3 is 19.5 Å². The van der Waals surface area contributed by atoms with E-state index in [1.54, 1.807) is 4.90 Å². The smallest absolute Gasteiger partial charge is 0.410 e. The van der Waals surface area contributed by atoms with E-state index in [1.807, 2.05) is 20.8 Å². The van der Waals surface area contributed by atoms with Crippen molar-refractivity contribution in [2.24, 2.45) is 11.8 Å². The number of carbonyl (C=O) groups is 1. The molecule has 2 heterocycles. The Balaban J connectivity index is 2.01. The molecule has 2 bridgehead atoms. The molecular weight excluding hydrogens is 234 g/mol. The standard InChI is InChI=1S/C13H23NO4/c1-13(2,3)18-12(16)14-6-9-4-5-17-8-10(7-14)11(9)15/h9-11,15H,4-8H2,1-3H3. The zero-order valence-corrected chi connectivity index (χ0v) is 11.4. The number of likely N-dealkylation sites (tertiary alicyclic amines) is 1. The molecule has 0 radical (unpaired) electrons. The second-order valence-corrected chi connectivity index (χ2v) is 6.26. The van der Waals surface area contributed by atoms with Crippen LogP contribution in [0, 0.1) is 11.8 Å². The lowest BCUT2D eigenvalue weighted by atomic mass is 9.85. The number of carbonyl (C=O) groups excluding carboxylic acids is 1. The van der Waals surface area contributed by atoms with Crippen molar-refractivity contribution in [2.75, 3.05) is 26.3 Å². The minimum atomic E-state index is -0.477. The summed E-state index contributed by atoms with van der Waals surface area (Å²) < 4.78 is 10.9. The van der Waals surface area contributed by atoms with Gasteiger partial charge in [0.05, 0.1) is 12.7 Å². The fourth-order valence-electron chi connectivity index (χ4n) is 2.60. The number of fused-ring (bicyclic) bond motifs is 2. The highest BCUT2D eigenvalue weighted by Gasteiger charge is 2.40. The number of rotatable bonds is 0. The number of ether oxygens (including phenoxy) is 2. The van der Waals surface area contributed by atoms with Crippen LogP contribution < -0.4 is 0 Å². The summed E-state index contributed by atoms with van der Waals surface area (Å²) in [5.74, 6) is 0.123. The first-order valence-electron chi connectivity index (χ1n) is 6.60. The molecule has 3 unspecified atom stereocenters. The maximum Gasteiger partial charge on any atom is 0.410 e. The zero-order valence-electron chi connectivity index (χ0n) is 11.4. The lowest BCUT2D eigenvalue weighted by Gasteiger charge is -2.39. The number of piperidine rings is 1. The van der Waals surface area contributed by atoms with E-state index in [-0.39, 0.29) is 24.0 Å². The van der Waals surface area contributed by atoms with Crippen molar-refractivity contribution in [2.45, 2.75) is 38.9 Å². The summed E-state index contributed by atoms with van der Waals surface area (Å²) in [5, 5.41) is 10.1. The Hall–Kier alpha value is -0.810. The fourth-order valence-corrected chi connectivity index (χ4v) is 2.60. The van der Waals surface area contributed by atoms with Gasteiger partial charge in [-0.25, -0.2) is 4.79 Å². The molecule has 0 aromatic heterocycles. The van der Waals surface area contributed by atoms with Crippen LogP contribution in [0.5, 0.6) is 0 Å². The second kappa shape index (κ2) is 5.05. The molecule has 5 heteroatoms. The summed E-state index contributed by atoms with van der Waals surface area (Å²) in [6.07, 6.45) is 0.161. The molecule has 2 fully saturated rings. The van der Waals surface area contributed by atoms with Crippen molar-refractivity contribution in [1.82, 2.24) is 4.90 Å². The van der Waals surface area contributed by atoms with Crippen LogP contribution in [0.25, 0.3) is 0 Å². The maximum absolute atomic E-state index is 12.0. The largest absolute Gasteiger partial charge is 0.444 e. The van der Waals surface area contributed by atoms with Crippen molar-refractivity contribution in [3.63, 3.8) is 0 Å². The van der Waals surface area contributed by atoms with Gasteiger partial charge >= 0.3 is 6.09 Å². The molecule has 0 aromatic carbocycles. The van der Waals surface area contributed by atoms with Gasteiger partial charge in [-0.1, -0.05) is 0 Å². The number of nitrogens with zero attached hydrogens (tertiary/aromatic N) is 1. The quantitative estimate of drug-likeness (QED) is 0.709. The average molecular weight is 257 g/mol. The number of aliphatic hydroxyl groups is 1. The normalized spacial score (nSPS) is 32.9. The van der Waals surface area contributed by atoms with E-state index in [2.05, 4.69) is 0 Å². The fraction of sp³-hybridized carbons (Fsp3) is 0.923. The van der Waals surface area contributed by atoms with Crippen LogP contribution in [0.4, 0.5) is 4.79 Å². The Bertz CT molecular complexity index is 297. The molecule has 5 nitrogen and oxygen atoms in total. The summed E-state index contributed by atoms with van der Waals surface area (Å²) in [7, 11) is 0. The molecule has 18 heavy (non-hydrogen) atoms. The molecule has 0 saturated carbocycles. The summed E-state index contributed by atoms with van der Waals surface area (Å²) in [4.78, 5) is 13.8. The highest BCUT2D eigenvalue weighted by atomic mass is 16.6. The van der Waals surface area contributed by atoms with Gasteiger partial charge in [0, 0.05) is 31.5 Å². The van der Waals surface area contributed by atoms with Crippen LogP contribution in [0.15, 0.2) is 0 Å². The zero-order chi connectivity index (χ0) is 13.3. The van der Waals surface area contributed by atoms with Gasteiger partial charge in [0.1, 0.15) is 5.60 Å². The van der Waals surface area contributed by atoms with Gasteiger partial charge in [-0.05, 0) is 27.2 Å². The van der Waals surface area contributed by atoms with Crippen LogP contribution in [-0.2, 0) is 9.47 Å². The Morgan fingerprint density at radius 1 is 1.33 bits per heavy atom. The first kappa shape index (κ1) is 13.6. The van der Waals surface area contributed by atoms with Crippen LogP contribution in [-0.4, -0.2) is 54.1 Å². The van der Waals surface area contributed by atoms with E-state index in [9.17, 15) is 9.90 Å². The van der Waals surface area contributed by atoms with Crippen molar-refractivity contribution in [3.05, 3.63) is 0 Å². The Labute approximate surface area is 108 Å². The molecule has 0 aliphatic carbocycles. The van der Waals surface area contributed by atoms with Crippen LogP contribution in [0.1, 0.15) is 27.2 Å². The van der Waals surface area contributed by atoms with Crippen molar-refractivity contribution >= 4 is 6.09 Å². The topological polar surface area (TPSA) is 59.0 Å². The van der Waals surface area contributed by atoms with Gasteiger partial charge in [0.15, 0.2) is 0 Å². The SMILES string of the molecule is CC(C)(C)OC(=O)N1CC2CCOCC(C1)C2O. The first-order chi connectivity index (χ1) is 8.37. The minimum Gasteiger partial charge on any atom is -0.444 e. The third kappa shape index (κ3) is 3.14. The second-order valence-electron chi connectivity index (χ2n) is 6.26. The summed E-state index contributed by atoms with van der Waals surface area (Å²) in [6, 6.07) is 0. The Kier molecular flexibility index (Phi) is 3.82. The van der Waals surface area contributed by atoms with Crippen LogP contribution in [0.3, 0.4) is 0 Å². The predicted octanol–water partition coefficient (Wildman–Crippen LogP) is 1.25. The number of hydrogen-bond acceptors (Lipinski definition) is 4. The van der Waals surface area contributed by atoms with Crippen molar-refractivity contribution < 1.29 is 19.4 Å². The highest BCUT2D eigenvalue weighted by molar-refractivity contribution is 5.68. The molecule has 2 saturated heterocycles. The van der Waals surface area contributed by atoms with Gasteiger partial charge in [-0.2, -0.15) is 0 Å². The van der Waals surface area contributed by atoms with E-state index in [0.717, 1.165) is 6.42 Å². The van der Waals surface area contributed by atoms with Crippen molar-refractivity contribution in [3.8, 4) is 0 Å². The first-order valence-corrected chi connectivity index (χ1v) is 6.60. The number of aliphatic hydroxyl groups excluding tert-OH is 1. The minimum absolute atomic E-state index is 0.0127. The Morgan fingerprint density at radius 2 is 2.00 bits per heavy atom. The summed E-state index contributed by atoms with van der Waals surface area (Å²) in [5.41, 5.74) is -0.477. The van der Waals surface area contributed by atoms with E-state index >= 15 is 0 Å². The molecule has 2 aliphatic heterocycles. The monoisotopic (exact) mass is 257 g/mol.